The number of carboxylic acids is 1. The Hall–Kier alpha value is -2.49. The van der Waals surface area contributed by atoms with Crippen LogP contribution in [0.15, 0.2) is 12.4 Å². The van der Waals surface area contributed by atoms with Gasteiger partial charge < -0.3 is 9.84 Å². The summed E-state index contributed by atoms with van der Waals surface area (Å²) < 4.78 is 5.08. The maximum absolute atomic E-state index is 11.8. The number of esters is 1. The van der Waals surface area contributed by atoms with Crippen LogP contribution in [0, 0.1) is 11.3 Å². The lowest BCUT2D eigenvalue weighted by molar-refractivity contribution is -0.155. The van der Waals surface area contributed by atoms with Crippen molar-refractivity contribution in [2.75, 3.05) is 0 Å². The Labute approximate surface area is 109 Å². The number of aromatic carboxylic acids is 1. The Morgan fingerprint density at radius 1 is 1.37 bits per heavy atom. The second kappa shape index (κ2) is 5.44. The topological polar surface area (TPSA) is 113 Å². The van der Waals surface area contributed by atoms with Gasteiger partial charge in [-0.2, -0.15) is 5.26 Å². The molecule has 0 aliphatic rings. The summed E-state index contributed by atoms with van der Waals surface area (Å²) in [5.41, 5.74) is -0.924. The third kappa shape index (κ3) is 4.03. The minimum absolute atomic E-state index is 0.0572. The highest BCUT2D eigenvalue weighted by atomic mass is 16.6. The molecule has 1 heterocycles. The molecule has 100 valence electrons. The summed E-state index contributed by atoms with van der Waals surface area (Å²) in [7, 11) is 0. The van der Waals surface area contributed by atoms with Crippen molar-refractivity contribution in [2.24, 2.45) is 0 Å². The molecule has 0 saturated heterocycles. The average molecular weight is 263 g/mol. The van der Waals surface area contributed by atoms with Gasteiger partial charge in [0.25, 0.3) is 0 Å². The van der Waals surface area contributed by atoms with Gasteiger partial charge in [0.15, 0.2) is 11.6 Å². The number of nitriles is 1. The van der Waals surface area contributed by atoms with E-state index in [4.69, 9.17) is 15.1 Å². The summed E-state index contributed by atoms with van der Waals surface area (Å²) in [6.45, 7) is 5.04. The molecule has 0 amide bonds. The van der Waals surface area contributed by atoms with Gasteiger partial charge in [0.2, 0.25) is 0 Å². The van der Waals surface area contributed by atoms with Gasteiger partial charge in [0.1, 0.15) is 5.60 Å². The van der Waals surface area contributed by atoms with Crippen LogP contribution in [0.1, 0.15) is 42.9 Å². The largest absolute Gasteiger partial charge is 0.476 e. The van der Waals surface area contributed by atoms with Crippen LogP contribution in [-0.2, 0) is 9.53 Å². The van der Waals surface area contributed by atoms with E-state index < -0.39 is 23.5 Å². The lowest BCUT2D eigenvalue weighted by atomic mass is 10.1. The first-order chi connectivity index (χ1) is 8.74. The maximum atomic E-state index is 11.8. The quantitative estimate of drug-likeness (QED) is 0.813. The maximum Gasteiger partial charge on any atom is 0.356 e. The molecular formula is C12H13N3O4. The molecule has 1 unspecified atom stereocenters. The number of nitrogens with zero attached hydrogens (tertiary/aromatic N) is 3. The second-order valence-electron chi connectivity index (χ2n) is 4.73. The van der Waals surface area contributed by atoms with Crippen molar-refractivity contribution in [3.05, 3.63) is 23.8 Å². The number of ether oxygens (including phenoxy) is 1. The van der Waals surface area contributed by atoms with Crippen LogP contribution < -0.4 is 0 Å². The molecule has 1 atom stereocenters. The molecular weight excluding hydrogens is 250 g/mol. The fourth-order valence-electron chi connectivity index (χ4n) is 1.20. The number of carbonyl (C=O) groups is 2. The van der Waals surface area contributed by atoms with Gasteiger partial charge in [-0.05, 0) is 20.8 Å². The number of carbonyl (C=O) groups excluding carboxylic acids is 1. The van der Waals surface area contributed by atoms with E-state index in [-0.39, 0.29) is 11.4 Å². The summed E-state index contributed by atoms with van der Waals surface area (Å²) in [6, 6.07) is 1.76. The van der Waals surface area contributed by atoms with Crippen LogP contribution in [0.25, 0.3) is 0 Å². The molecule has 1 aromatic rings. The minimum Gasteiger partial charge on any atom is -0.476 e. The summed E-state index contributed by atoms with van der Waals surface area (Å²) >= 11 is 0. The summed E-state index contributed by atoms with van der Waals surface area (Å²) in [5, 5.41) is 17.7. The van der Waals surface area contributed by atoms with E-state index in [1.54, 1.807) is 26.8 Å². The van der Waals surface area contributed by atoms with Gasteiger partial charge in [-0.3, -0.25) is 9.78 Å². The SMILES string of the molecule is CC(C)(C)OC(=O)C(C#N)c1cnc(C(=O)O)cn1. The lowest BCUT2D eigenvalue weighted by Crippen LogP contribution is -2.27. The summed E-state index contributed by atoms with van der Waals surface area (Å²) in [4.78, 5) is 29.8. The second-order valence-corrected chi connectivity index (χ2v) is 4.73. The molecule has 0 aliphatic carbocycles. The fourth-order valence-corrected chi connectivity index (χ4v) is 1.20. The van der Waals surface area contributed by atoms with E-state index in [0.717, 1.165) is 12.4 Å². The molecule has 0 radical (unpaired) electrons. The zero-order valence-corrected chi connectivity index (χ0v) is 10.7. The first-order valence-electron chi connectivity index (χ1n) is 5.42. The Morgan fingerprint density at radius 2 is 2.00 bits per heavy atom. The highest BCUT2D eigenvalue weighted by Crippen LogP contribution is 2.18. The first kappa shape index (κ1) is 14.6. The number of hydrogen-bond acceptors (Lipinski definition) is 6. The van der Waals surface area contributed by atoms with Crippen LogP contribution in [0.5, 0.6) is 0 Å². The van der Waals surface area contributed by atoms with Crippen molar-refractivity contribution >= 4 is 11.9 Å². The Bertz CT molecular complexity index is 525. The number of rotatable bonds is 3. The fraction of sp³-hybridized carbons (Fsp3) is 0.417. The first-order valence-corrected chi connectivity index (χ1v) is 5.42. The van der Waals surface area contributed by atoms with E-state index >= 15 is 0 Å². The van der Waals surface area contributed by atoms with Crippen molar-refractivity contribution in [3.63, 3.8) is 0 Å². The van der Waals surface area contributed by atoms with Crippen LogP contribution in [0.2, 0.25) is 0 Å². The van der Waals surface area contributed by atoms with Gasteiger partial charge in [-0.25, -0.2) is 9.78 Å². The molecule has 0 aromatic carbocycles. The third-order valence-corrected chi connectivity index (χ3v) is 1.96. The molecule has 7 nitrogen and oxygen atoms in total. The molecule has 1 aromatic heterocycles. The summed E-state index contributed by atoms with van der Waals surface area (Å²) in [5.74, 6) is -3.20. The molecule has 19 heavy (non-hydrogen) atoms. The van der Waals surface area contributed by atoms with E-state index in [2.05, 4.69) is 9.97 Å². The Balaban J connectivity index is 2.95. The predicted molar refractivity (Wildman–Crippen MR) is 63.2 cm³/mol. The molecule has 0 saturated carbocycles. The molecule has 0 bridgehead atoms. The number of hydrogen-bond donors (Lipinski definition) is 1. The van der Waals surface area contributed by atoms with Crippen molar-refractivity contribution in [1.29, 1.82) is 5.26 Å². The third-order valence-electron chi connectivity index (χ3n) is 1.96. The van der Waals surface area contributed by atoms with Gasteiger partial charge in [0.05, 0.1) is 24.2 Å². The lowest BCUT2D eigenvalue weighted by Gasteiger charge is -2.21. The van der Waals surface area contributed by atoms with Crippen molar-refractivity contribution in [1.82, 2.24) is 9.97 Å². The van der Waals surface area contributed by atoms with E-state index in [1.165, 1.54) is 0 Å². The highest BCUT2D eigenvalue weighted by molar-refractivity contribution is 5.85. The Kier molecular flexibility index (Phi) is 4.17. The van der Waals surface area contributed by atoms with Gasteiger partial charge in [-0.15, -0.1) is 0 Å². The minimum atomic E-state index is -1.23. The Morgan fingerprint density at radius 3 is 2.37 bits per heavy atom. The van der Waals surface area contributed by atoms with E-state index in [0.29, 0.717) is 0 Å². The highest BCUT2D eigenvalue weighted by Gasteiger charge is 2.28. The van der Waals surface area contributed by atoms with Crippen molar-refractivity contribution in [3.8, 4) is 6.07 Å². The van der Waals surface area contributed by atoms with Crippen LogP contribution in [0.3, 0.4) is 0 Å². The zero-order valence-electron chi connectivity index (χ0n) is 10.7. The molecule has 7 heteroatoms. The number of aromatic nitrogens is 2. The summed E-state index contributed by atoms with van der Waals surface area (Å²) in [6.07, 6.45) is 2.08. The molecule has 0 aliphatic heterocycles. The normalized spacial score (nSPS) is 12.3. The zero-order chi connectivity index (χ0) is 14.6. The van der Waals surface area contributed by atoms with Crippen molar-refractivity contribution in [2.45, 2.75) is 32.3 Å². The average Bonchev–Trinajstić information content (AvgIpc) is 2.28. The van der Waals surface area contributed by atoms with Crippen molar-refractivity contribution < 1.29 is 19.4 Å². The van der Waals surface area contributed by atoms with Crippen LogP contribution >= 0.6 is 0 Å². The molecule has 0 fully saturated rings. The molecule has 0 spiro atoms. The monoisotopic (exact) mass is 263 g/mol. The number of carboxylic acid groups (broad SMARTS) is 1. The predicted octanol–water partition coefficient (Wildman–Crippen LogP) is 1.12. The van der Waals surface area contributed by atoms with Gasteiger partial charge in [0, 0.05) is 0 Å². The van der Waals surface area contributed by atoms with Crippen LogP contribution in [0.4, 0.5) is 0 Å². The van der Waals surface area contributed by atoms with E-state index in [9.17, 15) is 9.59 Å². The molecule has 1 rings (SSSR count). The molecule has 1 N–H and O–H groups in total. The van der Waals surface area contributed by atoms with E-state index in [1.807, 2.05) is 0 Å². The van der Waals surface area contributed by atoms with Crippen LogP contribution in [-0.4, -0.2) is 32.6 Å². The van der Waals surface area contributed by atoms with Gasteiger partial charge >= 0.3 is 11.9 Å². The smallest absolute Gasteiger partial charge is 0.356 e. The standard InChI is InChI=1S/C12H13N3O4/c1-12(2,3)19-11(18)7(4-13)8-5-15-9(6-14-8)10(16)17/h5-7H,1-3H3,(H,16,17). The van der Waals surface area contributed by atoms with Gasteiger partial charge in [-0.1, -0.05) is 0 Å².